The highest BCUT2D eigenvalue weighted by molar-refractivity contribution is 7.13. The lowest BCUT2D eigenvalue weighted by atomic mass is 10.4. The van der Waals surface area contributed by atoms with Crippen molar-refractivity contribution in [1.29, 1.82) is 0 Å². The monoisotopic (exact) mass is 367 g/mol. The molecule has 24 heavy (non-hydrogen) atoms. The summed E-state index contributed by atoms with van der Waals surface area (Å²) in [6.45, 7) is 1.07. The predicted octanol–water partition coefficient (Wildman–Crippen LogP) is 2.02. The number of carbonyl (C=O) groups is 3. The Balaban J connectivity index is 1.72. The maximum absolute atomic E-state index is 11.8. The molecule has 0 fully saturated rings. The van der Waals surface area contributed by atoms with E-state index in [1.54, 1.807) is 18.2 Å². The number of nitrogens with one attached hydrogen (secondary N) is 2. The van der Waals surface area contributed by atoms with Gasteiger partial charge >= 0.3 is 5.97 Å². The second-order valence-electron chi connectivity index (χ2n) is 4.64. The molecule has 0 aliphatic heterocycles. The molecule has 0 aliphatic carbocycles. The molecule has 7 nitrogen and oxygen atoms in total. The highest BCUT2D eigenvalue weighted by Gasteiger charge is 2.12. The van der Waals surface area contributed by atoms with E-state index in [-0.39, 0.29) is 17.6 Å². The number of amides is 2. The Bertz CT molecular complexity index is 763. The zero-order valence-electron chi connectivity index (χ0n) is 12.7. The molecule has 2 aromatic heterocycles. The summed E-state index contributed by atoms with van der Waals surface area (Å²) in [4.78, 5) is 40.3. The molecule has 9 heteroatoms. The topological polar surface area (TPSA) is 97.4 Å². The van der Waals surface area contributed by atoms with Crippen LogP contribution in [0.5, 0.6) is 0 Å². The zero-order valence-corrected chi connectivity index (χ0v) is 14.2. The van der Waals surface area contributed by atoms with Crippen LogP contribution in [0, 0.1) is 6.92 Å². The third-order valence-electron chi connectivity index (χ3n) is 2.75. The summed E-state index contributed by atoms with van der Waals surface area (Å²) in [5, 5.41) is 5.03. The third-order valence-corrected chi connectivity index (χ3v) is 4.06. The smallest absolute Gasteiger partial charge is 0.325 e. The summed E-state index contributed by atoms with van der Waals surface area (Å²) < 4.78 is 4.78. The van der Waals surface area contributed by atoms with Gasteiger partial charge in [-0.05, 0) is 31.2 Å². The van der Waals surface area contributed by atoms with Gasteiger partial charge in [-0.25, -0.2) is 4.98 Å². The van der Waals surface area contributed by atoms with Gasteiger partial charge in [-0.1, -0.05) is 11.6 Å². The molecule has 0 saturated carbocycles. The molecule has 2 N–H and O–H groups in total. The Labute approximate surface area is 147 Å². The maximum atomic E-state index is 11.8. The van der Waals surface area contributed by atoms with Gasteiger partial charge in [0, 0.05) is 11.1 Å². The number of halogens is 1. The summed E-state index contributed by atoms with van der Waals surface area (Å²) in [6.07, 6.45) is 1.48. The van der Waals surface area contributed by atoms with Gasteiger partial charge < -0.3 is 15.4 Å². The number of esters is 1. The number of carbonyl (C=O) groups excluding carboxylic acids is 3. The van der Waals surface area contributed by atoms with E-state index in [0.717, 1.165) is 4.88 Å². The SMILES string of the molecule is Cc1ccc(C(=O)NCC(=O)OCC(=O)Nc2cccnc2Cl)s1. The van der Waals surface area contributed by atoms with Crippen LogP contribution in [0.25, 0.3) is 0 Å². The molecule has 0 atom stereocenters. The molecule has 2 aromatic rings. The second kappa shape index (κ2) is 8.42. The third kappa shape index (κ3) is 5.32. The fourth-order valence-corrected chi connectivity index (χ4v) is 2.61. The van der Waals surface area contributed by atoms with Gasteiger partial charge in [-0.3, -0.25) is 14.4 Å². The van der Waals surface area contributed by atoms with E-state index in [0.29, 0.717) is 10.6 Å². The van der Waals surface area contributed by atoms with Crippen LogP contribution in [0.3, 0.4) is 0 Å². The van der Waals surface area contributed by atoms with Crippen LogP contribution in [0.15, 0.2) is 30.5 Å². The Morgan fingerprint density at radius 1 is 1.29 bits per heavy atom. The van der Waals surface area contributed by atoms with Crippen molar-refractivity contribution in [2.24, 2.45) is 0 Å². The molecule has 2 amide bonds. The highest BCUT2D eigenvalue weighted by Crippen LogP contribution is 2.17. The maximum Gasteiger partial charge on any atom is 0.325 e. The van der Waals surface area contributed by atoms with E-state index in [2.05, 4.69) is 15.6 Å². The number of aryl methyl sites for hydroxylation is 1. The Morgan fingerprint density at radius 2 is 2.08 bits per heavy atom. The summed E-state index contributed by atoms with van der Waals surface area (Å²) in [5.41, 5.74) is 0.321. The van der Waals surface area contributed by atoms with E-state index in [4.69, 9.17) is 16.3 Å². The molecule has 0 aliphatic rings. The van der Waals surface area contributed by atoms with Gasteiger partial charge in [0.25, 0.3) is 11.8 Å². The van der Waals surface area contributed by atoms with Gasteiger partial charge in [0.1, 0.15) is 6.54 Å². The number of hydrogen-bond acceptors (Lipinski definition) is 6. The standard InChI is InChI=1S/C15H14ClN3O4S/c1-9-4-5-11(24-9)15(22)18-7-13(21)23-8-12(20)19-10-3-2-6-17-14(10)16/h2-6H,7-8H2,1H3,(H,18,22)(H,19,20). The molecular weight excluding hydrogens is 354 g/mol. The fourth-order valence-electron chi connectivity index (χ4n) is 1.66. The summed E-state index contributed by atoms with van der Waals surface area (Å²) in [5.74, 6) is -1.64. The van der Waals surface area contributed by atoms with Crippen molar-refractivity contribution in [3.05, 3.63) is 45.4 Å². The lowest BCUT2D eigenvalue weighted by Crippen LogP contribution is -2.31. The molecule has 0 saturated heterocycles. The Kier molecular flexibility index (Phi) is 6.28. The molecule has 126 valence electrons. The summed E-state index contributed by atoms with van der Waals surface area (Å²) in [6, 6.07) is 6.66. The van der Waals surface area contributed by atoms with Crippen LogP contribution < -0.4 is 10.6 Å². The number of hydrogen-bond donors (Lipinski definition) is 2. The highest BCUT2D eigenvalue weighted by atomic mass is 35.5. The van der Waals surface area contributed by atoms with Crippen molar-refractivity contribution < 1.29 is 19.1 Å². The van der Waals surface area contributed by atoms with Crippen molar-refractivity contribution in [2.45, 2.75) is 6.92 Å². The average Bonchev–Trinajstić information content (AvgIpc) is 2.99. The lowest BCUT2D eigenvalue weighted by Gasteiger charge is -2.07. The zero-order chi connectivity index (χ0) is 17.5. The minimum atomic E-state index is -0.718. The molecule has 0 bridgehead atoms. The number of pyridine rings is 1. The molecule has 0 aromatic carbocycles. The number of thiophene rings is 1. The van der Waals surface area contributed by atoms with Gasteiger partial charge in [0.15, 0.2) is 11.8 Å². The number of nitrogens with zero attached hydrogens (tertiary/aromatic N) is 1. The minimum absolute atomic E-state index is 0.135. The summed E-state index contributed by atoms with van der Waals surface area (Å²) in [7, 11) is 0. The first kappa shape index (κ1) is 17.9. The van der Waals surface area contributed by atoms with Crippen LogP contribution >= 0.6 is 22.9 Å². The van der Waals surface area contributed by atoms with Crippen LogP contribution in [-0.2, 0) is 14.3 Å². The van der Waals surface area contributed by atoms with Crippen LogP contribution in [-0.4, -0.2) is 35.9 Å². The minimum Gasteiger partial charge on any atom is -0.454 e. The van der Waals surface area contributed by atoms with E-state index in [1.807, 2.05) is 13.0 Å². The number of ether oxygens (including phenoxy) is 1. The van der Waals surface area contributed by atoms with Crippen LogP contribution in [0.1, 0.15) is 14.5 Å². The first-order chi connectivity index (χ1) is 11.5. The number of aromatic nitrogens is 1. The molecule has 2 rings (SSSR count). The number of rotatable bonds is 6. The van der Waals surface area contributed by atoms with Gasteiger partial charge in [-0.15, -0.1) is 11.3 Å². The Hall–Kier alpha value is -2.45. The van der Waals surface area contributed by atoms with E-state index in [9.17, 15) is 14.4 Å². The first-order valence-corrected chi connectivity index (χ1v) is 8.06. The van der Waals surface area contributed by atoms with Crippen molar-refractivity contribution >= 4 is 46.4 Å². The van der Waals surface area contributed by atoms with Crippen molar-refractivity contribution in [3.8, 4) is 0 Å². The average molecular weight is 368 g/mol. The van der Waals surface area contributed by atoms with E-state index < -0.39 is 18.5 Å². The van der Waals surface area contributed by atoms with Gasteiger partial charge in [-0.2, -0.15) is 0 Å². The molecular formula is C15H14ClN3O4S. The second-order valence-corrected chi connectivity index (χ2v) is 6.29. The Morgan fingerprint density at radius 3 is 2.75 bits per heavy atom. The van der Waals surface area contributed by atoms with Crippen molar-refractivity contribution in [1.82, 2.24) is 10.3 Å². The molecule has 0 spiro atoms. The van der Waals surface area contributed by atoms with Crippen LogP contribution in [0.4, 0.5) is 5.69 Å². The molecule has 0 unspecified atom stereocenters. The summed E-state index contributed by atoms with van der Waals surface area (Å²) >= 11 is 7.12. The first-order valence-electron chi connectivity index (χ1n) is 6.86. The van der Waals surface area contributed by atoms with Gasteiger partial charge in [0.05, 0.1) is 10.6 Å². The largest absolute Gasteiger partial charge is 0.454 e. The van der Waals surface area contributed by atoms with E-state index >= 15 is 0 Å². The van der Waals surface area contributed by atoms with Crippen molar-refractivity contribution in [3.63, 3.8) is 0 Å². The molecule has 0 radical (unpaired) electrons. The predicted molar refractivity (Wildman–Crippen MR) is 90.2 cm³/mol. The molecule has 2 heterocycles. The van der Waals surface area contributed by atoms with Crippen molar-refractivity contribution in [2.75, 3.05) is 18.5 Å². The fraction of sp³-hybridized carbons (Fsp3) is 0.200. The quantitative estimate of drug-likeness (QED) is 0.601. The number of anilines is 1. The van der Waals surface area contributed by atoms with Crippen LogP contribution in [0.2, 0.25) is 5.15 Å². The van der Waals surface area contributed by atoms with E-state index in [1.165, 1.54) is 17.5 Å². The normalized spacial score (nSPS) is 10.1. The van der Waals surface area contributed by atoms with Gasteiger partial charge in [0.2, 0.25) is 0 Å². The lowest BCUT2D eigenvalue weighted by molar-refractivity contribution is -0.146.